The average Bonchev–Trinajstić information content (AvgIpc) is 3.02. The van der Waals surface area contributed by atoms with Crippen molar-refractivity contribution in [3.63, 3.8) is 0 Å². The standard InChI is InChI=1S/C31H56N10O10/c1-9-50-23(45)16-36-20(42)13-37-27(47)24(17(2)3)41-28(48)25(18(4)5)40-26(46)19(11-10-12-34-29(32)33)39-22(44)15-35-21(43)14-38-30(49)51-31(6,7)8/h17-19,24-25H,9-16H2,1-8H3,(H,35,43)(H,36,42)(H,37,47)(H,38,49)(H,39,44)(H,40,46)(H,41,48)(H4,32,33,34)/t19-,24-,25-/m0/s1. The molecule has 0 saturated heterocycles. The summed E-state index contributed by atoms with van der Waals surface area (Å²) in [6.07, 6.45) is -0.521. The predicted molar refractivity (Wildman–Crippen MR) is 185 cm³/mol. The third-order valence-electron chi connectivity index (χ3n) is 6.49. The maximum atomic E-state index is 13.4. The molecule has 0 aliphatic rings. The molecule has 0 rings (SSSR count). The molecular weight excluding hydrogens is 672 g/mol. The second kappa shape index (κ2) is 23.3. The lowest BCUT2D eigenvalue weighted by Gasteiger charge is -2.28. The third-order valence-corrected chi connectivity index (χ3v) is 6.49. The lowest BCUT2D eigenvalue weighted by Crippen LogP contribution is -2.59. The summed E-state index contributed by atoms with van der Waals surface area (Å²) in [5, 5.41) is 17.1. The number of nitrogens with one attached hydrogen (secondary N) is 7. The molecule has 0 bridgehead atoms. The van der Waals surface area contributed by atoms with Gasteiger partial charge in [0.15, 0.2) is 5.96 Å². The van der Waals surface area contributed by atoms with Crippen molar-refractivity contribution in [2.45, 2.75) is 92.0 Å². The van der Waals surface area contributed by atoms with E-state index in [9.17, 15) is 38.4 Å². The zero-order valence-corrected chi connectivity index (χ0v) is 30.7. The van der Waals surface area contributed by atoms with E-state index in [2.05, 4.69) is 42.2 Å². The van der Waals surface area contributed by atoms with Crippen molar-refractivity contribution in [3.8, 4) is 0 Å². The highest BCUT2D eigenvalue weighted by molar-refractivity contribution is 5.96. The molecule has 0 aromatic carbocycles. The Balaban J connectivity index is 5.51. The predicted octanol–water partition coefficient (Wildman–Crippen LogP) is -2.76. The van der Waals surface area contributed by atoms with Crippen molar-refractivity contribution >= 4 is 53.5 Å². The lowest BCUT2D eigenvalue weighted by molar-refractivity contribution is -0.143. The maximum Gasteiger partial charge on any atom is 0.408 e. The number of aliphatic imine (C=N–C) groups is 1. The maximum absolute atomic E-state index is 13.4. The fraction of sp³-hybridized carbons (Fsp3) is 0.710. The minimum absolute atomic E-state index is 0.0458. The summed E-state index contributed by atoms with van der Waals surface area (Å²) in [6.45, 7) is 11.7. The average molecular weight is 729 g/mol. The summed E-state index contributed by atoms with van der Waals surface area (Å²) in [5.74, 6) is -5.91. The molecule has 51 heavy (non-hydrogen) atoms. The topological polar surface area (TPSA) is 304 Å². The molecule has 0 spiro atoms. The zero-order valence-electron chi connectivity index (χ0n) is 30.7. The minimum Gasteiger partial charge on any atom is -0.465 e. The fourth-order valence-electron chi connectivity index (χ4n) is 4.02. The first-order valence-electron chi connectivity index (χ1n) is 16.6. The number of amides is 7. The van der Waals surface area contributed by atoms with Gasteiger partial charge in [-0.25, -0.2) is 4.79 Å². The number of ether oxygens (including phenoxy) is 2. The van der Waals surface area contributed by atoms with Gasteiger partial charge < -0.3 is 58.2 Å². The lowest BCUT2D eigenvalue weighted by atomic mass is 9.99. The van der Waals surface area contributed by atoms with Crippen LogP contribution in [0.1, 0.15) is 68.2 Å². The molecule has 0 heterocycles. The molecule has 7 amide bonds. The second-order valence-electron chi connectivity index (χ2n) is 13.0. The van der Waals surface area contributed by atoms with E-state index < -0.39 is 103 Å². The Hall–Kier alpha value is -5.17. The number of esters is 1. The second-order valence-corrected chi connectivity index (χ2v) is 13.0. The molecule has 11 N–H and O–H groups in total. The number of rotatable bonds is 21. The Bertz CT molecular complexity index is 1250. The van der Waals surface area contributed by atoms with Gasteiger partial charge in [0.25, 0.3) is 0 Å². The Morgan fingerprint density at radius 1 is 0.667 bits per heavy atom. The highest BCUT2D eigenvalue weighted by atomic mass is 16.6. The summed E-state index contributed by atoms with van der Waals surface area (Å²) in [4.78, 5) is 104. The highest BCUT2D eigenvalue weighted by Crippen LogP contribution is 2.09. The van der Waals surface area contributed by atoms with Gasteiger partial charge in [0, 0.05) is 6.54 Å². The molecule has 290 valence electrons. The van der Waals surface area contributed by atoms with Crippen molar-refractivity contribution in [3.05, 3.63) is 0 Å². The van der Waals surface area contributed by atoms with E-state index in [1.807, 2.05) is 0 Å². The van der Waals surface area contributed by atoms with Crippen LogP contribution in [0.4, 0.5) is 4.79 Å². The van der Waals surface area contributed by atoms with E-state index in [-0.39, 0.29) is 38.5 Å². The third kappa shape index (κ3) is 21.5. The Kier molecular flexibility index (Phi) is 20.9. The van der Waals surface area contributed by atoms with Crippen LogP contribution in [0.3, 0.4) is 0 Å². The molecule has 0 aliphatic heterocycles. The van der Waals surface area contributed by atoms with Crippen LogP contribution in [-0.2, 0) is 43.0 Å². The van der Waals surface area contributed by atoms with Gasteiger partial charge >= 0.3 is 12.1 Å². The van der Waals surface area contributed by atoms with Crippen molar-refractivity contribution in [2.75, 3.05) is 39.3 Å². The fourth-order valence-corrected chi connectivity index (χ4v) is 4.02. The quantitative estimate of drug-likeness (QED) is 0.0251. The first-order chi connectivity index (χ1) is 23.7. The van der Waals surface area contributed by atoms with Crippen LogP contribution in [0.5, 0.6) is 0 Å². The normalized spacial score (nSPS) is 12.7. The van der Waals surface area contributed by atoms with Crippen molar-refractivity contribution in [1.29, 1.82) is 0 Å². The van der Waals surface area contributed by atoms with Crippen LogP contribution in [0.2, 0.25) is 0 Å². The molecule has 0 aliphatic carbocycles. The van der Waals surface area contributed by atoms with Crippen LogP contribution in [-0.4, -0.2) is 117 Å². The van der Waals surface area contributed by atoms with Crippen LogP contribution >= 0.6 is 0 Å². The van der Waals surface area contributed by atoms with Gasteiger partial charge in [-0.2, -0.15) is 0 Å². The Morgan fingerprint density at radius 3 is 1.71 bits per heavy atom. The Labute approximate surface area is 298 Å². The summed E-state index contributed by atoms with van der Waals surface area (Å²) >= 11 is 0. The van der Waals surface area contributed by atoms with Gasteiger partial charge in [-0.3, -0.25) is 38.6 Å². The molecule has 0 aromatic rings. The molecule has 20 heteroatoms. The number of carbonyl (C=O) groups is 8. The van der Waals surface area contributed by atoms with E-state index >= 15 is 0 Å². The van der Waals surface area contributed by atoms with Gasteiger partial charge in [-0.1, -0.05) is 27.7 Å². The minimum atomic E-state index is -1.19. The number of guanidine groups is 1. The number of hydrogen-bond donors (Lipinski definition) is 9. The number of alkyl carbamates (subject to hydrolysis) is 1. The van der Waals surface area contributed by atoms with E-state index in [1.165, 1.54) is 0 Å². The number of nitrogens with two attached hydrogens (primary N) is 2. The first kappa shape index (κ1) is 45.8. The molecule has 0 unspecified atom stereocenters. The molecule has 0 radical (unpaired) electrons. The van der Waals surface area contributed by atoms with E-state index in [0.29, 0.717) is 0 Å². The number of hydrogen-bond acceptors (Lipinski definition) is 11. The van der Waals surface area contributed by atoms with Crippen LogP contribution < -0.4 is 48.7 Å². The highest BCUT2D eigenvalue weighted by Gasteiger charge is 2.32. The van der Waals surface area contributed by atoms with Crippen LogP contribution in [0, 0.1) is 11.8 Å². The molecule has 0 aromatic heterocycles. The summed E-state index contributed by atoms with van der Waals surface area (Å²) in [6, 6.07) is -3.44. The Morgan fingerprint density at radius 2 is 1.18 bits per heavy atom. The van der Waals surface area contributed by atoms with Crippen LogP contribution in [0.25, 0.3) is 0 Å². The van der Waals surface area contributed by atoms with Gasteiger partial charge in [0.2, 0.25) is 35.4 Å². The van der Waals surface area contributed by atoms with Crippen LogP contribution in [0.15, 0.2) is 4.99 Å². The summed E-state index contributed by atoms with van der Waals surface area (Å²) in [5.41, 5.74) is 9.96. The van der Waals surface area contributed by atoms with Gasteiger partial charge in [-0.15, -0.1) is 0 Å². The smallest absolute Gasteiger partial charge is 0.408 e. The van der Waals surface area contributed by atoms with E-state index in [4.69, 9.17) is 20.9 Å². The molecular formula is C31H56N10O10. The number of carbonyl (C=O) groups excluding carboxylic acids is 8. The summed E-state index contributed by atoms with van der Waals surface area (Å²) < 4.78 is 9.78. The zero-order chi connectivity index (χ0) is 39.3. The molecule has 20 nitrogen and oxygen atoms in total. The van der Waals surface area contributed by atoms with E-state index in [1.54, 1.807) is 55.4 Å². The SMILES string of the molecule is CCOC(=O)CNC(=O)CNC(=O)[C@@H](NC(=O)[C@@H](NC(=O)[C@H](CCCN=C(N)N)NC(=O)CNC(=O)CNC(=O)OC(C)(C)C)C(C)C)C(C)C. The molecule has 0 saturated carbocycles. The first-order valence-corrected chi connectivity index (χ1v) is 16.6. The van der Waals surface area contributed by atoms with Gasteiger partial charge in [-0.05, 0) is 52.4 Å². The van der Waals surface area contributed by atoms with E-state index in [0.717, 1.165) is 0 Å². The van der Waals surface area contributed by atoms with Crippen molar-refractivity contribution < 1.29 is 47.8 Å². The van der Waals surface area contributed by atoms with Gasteiger partial charge in [0.05, 0.1) is 19.7 Å². The molecule has 0 fully saturated rings. The molecule has 3 atom stereocenters. The van der Waals surface area contributed by atoms with Crippen molar-refractivity contribution in [2.24, 2.45) is 28.3 Å². The monoisotopic (exact) mass is 728 g/mol. The summed E-state index contributed by atoms with van der Waals surface area (Å²) in [7, 11) is 0. The van der Waals surface area contributed by atoms with Crippen molar-refractivity contribution in [1.82, 2.24) is 37.2 Å². The largest absolute Gasteiger partial charge is 0.465 e. The van der Waals surface area contributed by atoms with Gasteiger partial charge in [0.1, 0.15) is 36.8 Å². The number of nitrogens with zero attached hydrogens (tertiary/aromatic N) is 1.